The molecule has 0 aromatic heterocycles. The number of hydrogen-bond donors (Lipinski definition) is 2. The van der Waals surface area contributed by atoms with Crippen molar-refractivity contribution in [2.45, 2.75) is 31.2 Å². The fraction of sp³-hybridized carbons (Fsp3) is 0.600. The third-order valence-corrected chi connectivity index (χ3v) is 5.38. The number of anilines is 2. The number of amides is 2. The van der Waals surface area contributed by atoms with Gasteiger partial charge in [-0.1, -0.05) is 0 Å². The quantitative estimate of drug-likeness (QED) is 0.557. The Hall–Kier alpha value is -2.38. The summed E-state index contributed by atoms with van der Waals surface area (Å²) < 4.78 is 85.1. The van der Waals surface area contributed by atoms with Gasteiger partial charge >= 0.3 is 12.4 Å². The highest BCUT2D eigenvalue weighted by atomic mass is 19.4. The van der Waals surface area contributed by atoms with Crippen LogP contribution in [0.25, 0.3) is 0 Å². The normalized spacial score (nSPS) is 18.5. The molecule has 3 N–H and O–H groups in total. The van der Waals surface area contributed by atoms with E-state index in [4.69, 9.17) is 10.5 Å². The zero-order chi connectivity index (χ0) is 24.4. The predicted octanol–water partition coefficient (Wildman–Crippen LogP) is 2.61. The number of rotatable bonds is 8. The van der Waals surface area contributed by atoms with Gasteiger partial charge in [0.15, 0.2) is 0 Å². The fourth-order valence-corrected chi connectivity index (χ4v) is 3.66. The lowest BCUT2D eigenvalue weighted by Gasteiger charge is -2.31. The molecule has 2 fully saturated rings. The average molecular weight is 482 g/mol. The first-order valence-corrected chi connectivity index (χ1v) is 10.3. The maximum Gasteiger partial charge on any atom is 0.418 e. The second kappa shape index (κ2) is 9.85. The van der Waals surface area contributed by atoms with Crippen LogP contribution in [-0.2, 0) is 20.5 Å². The molecule has 1 heterocycles. The molecule has 7 nitrogen and oxygen atoms in total. The Morgan fingerprint density at radius 3 is 2.48 bits per heavy atom. The van der Waals surface area contributed by atoms with Gasteiger partial charge in [-0.25, -0.2) is 0 Å². The van der Waals surface area contributed by atoms with Gasteiger partial charge in [-0.05, 0) is 37.0 Å². The minimum Gasteiger partial charge on any atom is -0.370 e. The molecule has 13 heteroatoms. The highest BCUT2D eigenvalue weighted by Crippen LogP contribution is 2.39. The summed E-state index contributed by atoms with van der Waals surface area (Å²) in [6.07, 6.45) is -7.94. The van der Waals surface area contributed by atoms with Gasteiger partial charge in [0.05, 0.1) is 24.4 Å². The average Bonchev–Trinajstić information content (AvgIpc) is 3.51. The molecule has 0 unspecified atom stereocenters. The highest BCUT2D eigenvalue weighted by molar-refractivity contribution is 5.98. The summed E-state index contributed by atoms with van der Waals surface area (Å²) in [7, 11) is 0. The molecule has 2 aliphatic rings. The molecule has 33 heavy (non-hydrogen) atoms. The number of morpholine rings is 1. The summed E-state index contributed by atoms with van der Waals surface area (Å²) in [6.45, 7) is -2.15. The molecule has 0 bridgehead atoms. The molecule has 1 aromatic carbocycles. The van der Waals surface area contributed by atoms with Gasteiger partial charge in [0.25, 0.3) is 5.91 Å². The van der Waals surface area contributed by atoms with Gasteiger partial charge in [0.1, 0.15) is 12.6 Å². The van der Waals surface area contributed by atoms with Gasteiger partial charge in [0.2, 0.25) is 5.91 Å². The molecule has 3 rings (SSSR count). The van der Waals surface area contributed by atoms with Crippen LogP contribution in [0, 0.1) is 5.92 Å². The summed E-state index contributed by atoms with van der Waals surface area (Å²) in [5, 5.41) is 2.25. The number of alkyl halides is 6. The first-order valence-electron chi connectivity index (χ1n) is 10.3. The number of carbonyl (C=O) groups excluding carboxylic acids is 2. The van der Waals surface area contributed by atoms with E-state index in [1.165, 1.54) is 0 Å². The molecule has 1 aliphatic carbocycles. The van der Waals surface area contributed by atoms with Gasteiger partial charge in [-0.15, -0.1) is 0 Å². The lowest BCUT2D eigenvalue weighted by molar-refractivity contribution is -0.154. The van der Waals surface area contributed by atoms with Crippen molar-refractivity contribution in [1.82, 2.24) is 4.90 Å². The summed E-state index contributed by atoms with van der Waals surface area (Å²) >= 11 is 0. The fourth-order valence-electron chi connectivity index (χ4n) is 3.66. The molecule has 2 amide bonds. The van der Waals surface area contributed by atoms with E-state index in [-0.39, 0.29) is 37.9 Å². The first-order chi connectivity index (χ1) is 15.4. The largest absolute Gasteiger partial charge is 0.418 e. The van der Waals surface area contributed by atoms with E-state index in [1.54, 1.807) is 0 Å². The lowest BCUT2D eigenvalue weighted by Crippen LogP contribution is -2.52. The van der Waals surface area contributed by atoms with E-state index in [9.17, 15) is 35.9 Å². The zero-order valence-electron chi connectivity index (χ0n) is 17.5. The van der Waals surface area contributed by atoms with E-state index < -0.39 is 54.5 Å². The maximum absolute atomic E-state index is 13.7. The van der Waals surface area contributed by atoms with Crippen molar-refractivity contribution in [3.05, 3.63) is 23.8 Å². The Kier molecular flexibility index (Phi) is 7.54. The summed E-state index contributed by atoms with van der Waals surface area (Å²) in [5.41, 5.74) is 3.75. The topological polar surface area (TPSA) is 87.9 Å². The van der Waals surface area contributed by atoms with Gasteiger partial charge in [-0.2, -0.15) is 26.3 Å². The third kappa shape index (κ3) is 6.81. The molecule has 1 saturated heterocycles. The monoisotopic (exact) mass is 482 g/mol. The molecule has 184 valence electrons. The van der Waals surface area contributed by atoms with Crippen LogP contribution in [-0.4, -0.2) is 68.3 Å². The van der Waals surface area contributed by atoms with E-state index >= 15 is 0 Å². The van der Waals surface area contributed by atoms with Crippen LogP contribution < -0.4 is 16.0 Å². The Morgan fingerprint density at radius 2 is 1.94 bits per heavy atom. The number of ether oxygens (including phenoxy) is 1. The Labute approximate surface area is 185 Å². The van der Waals surface area contributed by atoms with Crippen molar-refractivity contribution in [2.24, 2.45) is 11.7 Å². The van der Waals surface area contributed by atoms with E-state index in [2.05, 4.69) is 5.32 Å². The Balaban J connectivity index is 1.83. The summed E-state index contributed by atoms with van der Waals surface area (Å²) in [4.78, 5) is 26.6. The smallest absolute Gasteiger partial charge is 0.370 e. The second-order valence-corrected chi connectivity index (χ2v) is 8.06. The van der Waals surface area contributed by atoms with Crippen LogP contribution in [0.4, 0.5) is 37.7 Å². The van der Waals surface area contributed by atoms with Crippen molar-refractivity contribution in [1.29, 1.82) is 0 Å². The van der Waals surface area contributed by atoms with Crippen molar-refractivity contribution in [2.75, 3.05) is 49.6 Å². The lowest BCUT2D eigenvalue weighted by atomic mass is 10.1. The molecule has 1 atom stereocenters. The van der Waals surface area contributed by atoms with E-state index in [1.807, 2.05) is 0 Å². The number of hydrogen-bond acceptors (Lipinski definition) is 5. The van der Waals surface area contributed by atoms with Crippen LogP contribution in [0.1, 0.15) is 18.4 Å². The van der Waals surface area contributed by atoms with Gasteiger partial charge < -0.3 is 20.7 Å². The highest BCUT2D eigenvalue weighted by Gasteiger charge is 2.40. The van der Waals surface area contributed by atoms with Crippen LogP contribution >= 0.6 is 0 Å². The number of nitrogens with zero attached hydrogens (tertiary/aromatic N) is 2. The number of nitrogens with two attached hydrogens (primary N) is 1. The molecule has 0 spiro atoms. The van der Waals surface area contributed by atoms with E-state index in [0.29, 0.717) is 6.07 Å². The zero-order valence-corrected chi connectivity index (χ0v) is 17.5. The van der Waals surface area contributed by atoms with Crippen molar-refractivity contribution in [3.8, 4) is 0 Å². The van der Waals surface area contributed by atoms with Crippen LogP contribution in [0.5, 0.6) is 0 Å². The standard InChI is InChI=1S/C20H24F6N4O3/c21-19(22,23)11-29(9-12-1-2-12)16(8-27)18(32)28-13-3-4-15(14(7-13)20(24,25)26)30-5-6-33-10-17(30)31/h3-4,7,12,16H,1-2,5-6,8-11,27H2,(H,28,32)/t16-/m1/s1. The maximum atomic E-state index is 13.7. The molecule has 1 saturated carbocycles. The number of halogens is 6. The van der Waals surface area contributed by atoms with Gasteiger partial charge in [-0.3, -0.25) is 14.5 Å². The molecular weight excluding hydrogens is 458 g/mol. The predicted molar refractivity (Wildman–Crippen MR) is 106 cm³/mol. The molecule has 0 radical (unpaired) electrons. The van der Waals surface area contributed by atoms with Crippen LogP contribution in [0.2, 0.25) is 0 Å². The molecule has 1 aliphatic heterocycles. The minimum absolute atomic E-state index is 0.0146. The minimum atomic E-state index is -4.85. The van der Waals surface area contributed by atoms with Gasteiger partial charge in [0, 0.05) is 25.3 Å². The Morgan fingerprint density at radius 1 is 1.24 bits per heavy atom. The summed E-state index contributed by atoms with van der Waals surface area (Å²) in [5.74, 6) is -1.56. The third-order valence-electron chi connectivity index (χ3n) is 5.38. The molecular formula is C20H24F6N4O3. The van der Waals surface area contributed by atoms with E-state index in [0.717, 1.165) is 34.8 Å². The number of carbonyl (C=O) groups is 2. The van der Waals surface area contributed by atoms with Crippen molar-refractivity contribution >= 4 is 23.2 Å². The Bertz CT molecular complexity index is 872. The summed E-state index contributed by atoms with van der Waals surface area (Å²) in [6, 6.07) is 1.48. The first kappa shape index (κ1) is 25.2. The number of benzene rings is 1. The second-order valence-electron chi connectivity index (χ2n) is 8.06. The SMILES string of the molecule is NC[C@H](C(=O)Nc1ccc(N2CCOCC2=O)c(C(F)(F)F)c1)N(CC1CC1)CC(F)(F)F. The molecule has 1 aromatic rings. The van der Waals surface area contributed by atoms with Crippen molar-refractivity contribution < 1.29 is 40.7 Å². The number of nitrogens with one attached hydrogen (secondary N) is 1. The van der Waals surface area contributed by atoms with Crippen LogP contribution in [0.15, 0.2) is 18.2 Å². The van der Waals surface area contributed by atoms with Crippen molar-refractivity contribution in [3.63, 3.8) is 0 Å². The van der Waals surface area contributed by atoms with Crippen LogP contribution in [0.3, 0.4) is 0 Å².